The van der Waals surface area contributed by atoms with Crippen molar-refractivity contribution in [2.45, 2.75) is 19.9 Å². The third kappa shape index (κ3) is 3.57. The Morgan fingerprint density at radius 3 is 2.58 bits per heavy atom. The molecule has 1 rings (SSSR count). The van der Waals surface area contributed by atoms with Crippen LogP contribution in [0.2, 0.25) is 0 Å². The molecule has 0 heterocycles. The van der Waals surface area contributed by atoms with Gasteiger partial charge in [-0.05, 0) is 26.0 Å². The fraction of sp³-hybridized carbons (Fsp3) is 0.417. The fourth-order valence-electron chi connectivity index (χ4n) is 1.68. The second-order valence-electron chi connectivity index (χ2n) is 3.97. The number of likely N-dealkylation sites (N-methyl/N-ethyl adjacent to an activating group) is 1. The molecule has 1 aromatic rings. The van der Waals surface area contributed by atoms with E-state index in [1.165, 1.54) is 0 Å². The molecule has 0 spiro atoms. The molecule has 3 N–H and O–H groups in total. The number of benzene rings is 1. The van der Waals surface area contributed by atoms with Crippen molar-refractivity contribution < 1.29 is 9.72 Å². The number of nitro groups is 1. The van der Waals surface area contributed by atoms with Gasteiger partial charge in [-0.3, -0.25) is 14.9 Å². The Bertz CT molecular complexity index is 476. The van der Waals surface area contributed by atoms with Gasteiger partial charge in [0, 0.05) is 13.6 Å². The van der Waals surface area contributed by atoms with Gasteiger partial charge in [-0.1, -0.05) is 6.07 Å². The topological polar surface area (TPSA) is 96.3 Å². The molecule has 0 aliphatic rings. The van der Waals surface area contributed by atoms with E-state index in [4.69, 9.17) is 0 Å². The minimum atomic E-state index is -0.550. The van der Waals surface area contributed by atoms with Gasteiger partial charge in [0.05, 0.1) is 4.92 Å². The maximum absolute atomic E-state index is 11.6. The van der Waals surface area contributed by atoms with Gasteiger partial charge in [0.15, 0.2) is 0 Å². The van der Waals surface area contributed by atoms with Crippen LogP contribution in [0.15, 0.2) is 18.2 Å². The zero-order chi connectivity index (χ0) is 14.4. The van der Waals surface area contributed by atoms with Crippen LogP contribution in [0.1, 0.15) is 13.8 Å². The number of anilines is 2. The molecule has 1 aromatic carbocycles. The predicted octanol–water partition coefficient (Wildman–Crippen LogP) is 1.57. The molecule has 1 atom stereocenters. The lowest BCUT2D eigenvalue weighted by atomic mass is 10.2. The number of nitrogens with zero attached hydrogens (tertiary/aromatic N) is 1. The highest BCUT2D eigenvalue weighted by Crippen LogP contribution is 2.32. The molecule has 0 bridgehead atoms. The highest BCUT2D eigenvalue weighted by Gasteiger charge is 2.21. The van der Waals surface area contributed by atoms with Crippen LogP contribution in [0.3, 0.4) is 0 Å². The third-order valence-corrected chi connectivity index (χ3v) is 2.60. The molecular formula is C12H18N4O3. The second-order valence-corrected chi connectivity index (χ2v) is 3.97. The first kappa shape index (κ1) is 14.7. The number of rotatable bonds is 6. The Balaban J connectivity index is 3.01. The molecule has 0 saturated heterocycles. The Kier molecular flexibility index (Phi) is 5.11. The van der Waals surface area contributed by atoms with Crippen molar-refractivity contribution in [1.29, 1.82) is 0 Å². The van der Waals surface area contributed by atoms with Gasteiger partial charge in [-0.25, -0.2) is 0 Å². The van der Waals surface area contributed by atoms with Gasteiger partial charge in [-0.2, -0.15) is 0 Å². The van der Waals surface area contributed by atoms with Gasteiger partial charge in [-0.15, -0.1) is 0 Å². The molecule has 0 aliphatic heterocycles. The number of carbonyl (C=O) groups is 1. The molecule has 7 heteroatoms. The highest BCUT2D eigenvalue weighted by molar-refractivity contribution is 5.86. The lowest BCUT2D eigenvalue weighted by molar-refractivity contribution is -0.383. The normalized spacial score (nSPS) is 11.5. The molecule has 0 aromatic heterocycles. The van der Waals surface area contributed by atoms with Crippen LogP contribution < -0.4 is 16.0 Å². The van der Waals surface area contributed by atoms with Gasteiger partial charge >= 0.3 is 5.69 Å². The zero-order valence-corrected chi connectivity index (χ0v) is 11.2. The summed E-state index contributed by atoms with van der Waals surface area (Å²) in [6, 6.07) is 4.33. The number of amides is 1. The molecular weight excluding hydrogens is 248 g/mol. The Hall–Kier alpha value is -2.31. The fourth-order valence-corrected chi connectivity index (χ4v) is 1.68. The van der Waals surface area contributed by atoms with Crippen molar-refractivity contribution in [3.63, 3.8) is 0 Å². The number of nitrogens with one attached hydrogen (secondary N) is 3. The monoisotopic (exact) mass is 266 g/mol. The summed E-state index contributed by atoms with van der Waals surface area (Å²) < 4.78 is 0. The smallest absolute Gasteiger partial charge is 0.315 e. The van der Waals surface area contributed by atoms with Crippen LogP contribution in [0.25, 0.3) is 0 Å². The summed E-state index contributed by atoms with van der Waals surface area (Å²) in [4.78, 5) is 22.3. The Labute approximate surface area is 111 Å². The van der Waals surface area contributed by atoms with Crippen molar-refractivity contribution in [2.75, 3.05) is 24.2 Å². The first-order chi connectivity index (χ1) is 9.01. The van der Waals surface area contributed by atoms with Crippen molar-refractivity contribution in [3.05, 3.63) is 28.3 Å². The molecule has 104 valence electrons. The lowest BCUT2D eigenvalue weighted by Crippen LogP contribution is -2.37. The summed E-state index contributed by atoms with van der Waals surface area (Å²) in [6.07, 6.45) is 0. The van der Waals surface area contributed by atoms with Crippen molar-refractivity contribution >= 4 is 23.0 Å². The van der Waals surface area contributed by atoms with E-state index in [1.807, 2.05) is 6.92 Å². The molecule has 1 unspecified atom stereocenters. The van der Waals surface area contributed by atoms with Crippen LogP contribution in [0, 0.1) is 10.1 Å². The van der Waals surface area contributed by atoms with E-state index in [0.717, 1.165) is 0 Å². The van der Waals surface area contributed by atoms with Crippen LogP contribution in [-0.2, 0) is 4.79 Å². The third-order valence-electron chi connectivity index (χ3n) is 2.60. The number of hydrogen-bond donors (Lipinski definition) is 3. The quantitative estimate of drug-likeness (QED) is 0.536. The van der Waals surface area contributed by atoms with Crippen molar-refractivity contribution in [3.8, 4) is 0 Å². The van der Waals surface area contributed by atoms with Gasteiger partial charge in [0.1, 0.15) is 17.4 Å². The molecule has 1 amide bonds. The Morgan fingerprint density at radius 2 is 2.05 bits per heavy atom. The highest BCUT2D eigenvalue weighted by atomic mass is 16.6. The standard InChI is InChI=1S/C12H18N4O3/c1-4-14-12(17)8(2)15-10-7-5-6-9(13-3)11(10)16(18)19/h5-8,13,15H,4H2,1-3H3,(H,14,17). The number of nitro benzene ring substituents is 1. The minimum absolute atomic E-state index is 0.0684. The summed E-state index contributed by atoms with van der Waals surface area (Å²) in [5, 5.41) is 19.4. The minimum Gasteiger partial charge on any atom is -0.382 e. The summed E-state index contributed by atoms with van der Waals surface area (Å²) >= 11 is 0. The van der Waals surface area contributed by atoms with Crippen LogP contribution >= 0.6 is 0 Å². The molecule has 0 saturated carbocycles. The predicted molar refractivity (Wildman–Crippen MR) is 74.4 cm³/mol. The largest absolute Gasteiger partial charge is 0.382 e. The van der Waals surface area contributed by atoms with E-state index >= 15 is 0 Å². The van der Waals surface area contributed by atoms with Crippen molar-refractivity contribution in [1.82, 2.24) is 5.32 Å². The number of carbonyl (C=O) groups excluding carboxylic acids is 1. The SMILES string of the molecule is CCNC(=O)C(C)Nc1cccc(NC)c1[N+](=O)[O-]. The molecule has 7 nitrogen and oxygen atoms in total. The van der Waals surface area contributed by atoms with Crippen molar-refractivity contribution in [2.24, 2.45) is 0 Å². The second kappa shape index (κ2) is 6.58. The van der Waals surface area contributed by atoms with E-state index in [2.05, 4.69) is 16.0 Å². The van der Waals surface area contributed by atoms with E-state index in [-0.39, 0.29) is 11.6 Å². The van der Waals surface area contributed by atoms with Gasteiger partial charge in [0.2, 0.25) is 5.91 Å². The lowest BCUT2D eigenvalue weighted by Gasteiger charge is -2.15. The first-order valence-electron chi connectivity index (χ1n) is 6.00. The number of hydrogen-bond acceptors (Lipinski definition) is 5. The number of para-hydroxylation sites is 1. The maximum Gasteiger partial charge on any atom is 0.315 e. The first-order valence-corrected chi connectivity index (χ1v) is 6.00. The summed E-state index contributed by atoms with van der Waals surface area (Å²) in [5.41, 5.74) is 0.648. The molecule has 19 heavy (non-hydrogen) atoms. The van der Waals surface area contributed by atoms with E-state index in [0.29, 0.717) is 17.9 Å². The van der Waals surface area contributed by atoms with E-state index in [1.54, 1.807) is 32.2 Å². The molecule has 0 fully saturated rings. The van der Waals surface area contributed by atoms with Crippen LogP contribution in [0.5, 0.6) is 0 Å². The van der Waals surface area contributed by atoms with E-state index in [9.17, 15) is 14.9 Å². The van der Waals surface area contributed by atoms with E-state index < -0.39 is 11.0 Å². The zero-order valence-electron chi connectivity index (χ0n) is 11.2. The Morgan fingerprint density at radius 1 is 1.42 bits per heavy atom. The van der Waals surface area contributed by atoms with Gasteiger partial charge in [0.25, 0.3) is 0 Å². The maximum atomic E-state index is 11.6. The molecule has 0 aliphatic carbocycles. The average molecular weight is 266 g/mol. The average Bonchev–Trinajstić information content (AvgIpc) is 2.38. The summed E-state index contributed by atoms with van der Waals surface area (Å²) in [6.45, 7) is 3.99. The molecule has 0 radical (unpaired) electrons. The van der Waals surface area contributed by atoms with Crippen LogP contribution in [-0.4, -0.2) is 30.5 Å². The summed E-state index contributed by atoms with van der Waals surface area (Å²) in [5.74, 6) is -0.202. The van der Waals surface area contributed by atoms with Crippen LogP contribution in [0.4, 0.5) is 17.1 Å². The summed E-state index contributed by atoms with van der Waals surface area (Å²) in [7, 11) is 1.61. The van der Waals surface area contributed by atoms with Gasteiger partial charge < -0.3 is 16.0 Å².